The first-order valence-electron chi connectivity index (χ1n) is 5.87. The molecule has 0 heterocycles. The van der Waals surface area contributed by atoms with Crippen LogP contribution in [0.3, 0.4) is 0 Å². The fourth-order valence-electron chi connectivity index (χ4n) is 1.90. The minimum atomic E-state index is -0.416. The van der Waals surface area contributed by atoms with Crippen molar-refractivity contribution >= 4 is 34.8 Å². The number of ether oxygens (including phenoxy) is 2. The Hall–Kier alpha value is -1.09. The van der Waals surface area contributed by atoms with Crippen LogP contribution < -0.4 is 9.47 Å². The predicted molar refractivity (Wildman–Crippen MR) is 83.7 cm³/mol. The molecule has 20 heavy (non-hydrogen) atoms. The van der Waals surface area contributed by atoms with Crippen LogP contribution in [0.25, 0.3) is 0 Å². The van der Waals surface area contributed by atoms with E-state index in [1.54, 1.807) is 32.4 Å². The Morgan fingerprint density at radius 3 is 2.25 bits per heavy atom. The van der Waals surface area contributed by atoms with E-state index in [2.05, 4.69) is 0 Å². The van der Waals surface area contributed by atoms with Gasteiger partial charge < -0.3 is 9.47 Å². The maximum Gasteiger partial charge on any atom is 0.161 e. The topological polar surface area (TPSA) is 18.5 Å². The average molecular weight is 332 g/mol. The van der Waals surface area contributed by atoms with Gasteiger partial charge in [-0.2, -0.15) is 0 Å². The molecule has 0 radical (unpaired) electrons. The van der Waals surface area contributed by atoms with Crippen molar-refractivity contribution < 1.29 is 9.47 Å². The van der Waals surface area contributed by atoms with E-state index in [9.17, 15) is 0 Å². The molecule has 0 N–H and O–H groups in total. The lowest BCUT2D eigenvalue weighted by atomic mass is 10.0. The smallest absolute Gasteiger partial charge is 0.161 e. The molecule has 0 aliphatic heterocycles. The number of methoxy groups -OCH3 is 2. The van der Waals surface area contributed by atoms with Crippen molar-refractivity contribution in [1.29, 1.82) is 0 Å². The second-order valence-corrected chi connectivity index (χ2v) is 5.42. The molecule has 2 rings (SSSR count). The van der Waals surface area contributed by atoms with Gasteiger partial charge in [0.15, 0.2) is 11.5 Å². The lowest BCUT2D eigenvalue weighted by Gasteiger charge is -2.15. The van der Waals surface area contributed by atoms with Gasteiger partial charge in [-0.05, 0) is 41.5 Å². The van der Waals surface area contributed by atoms with Crippen LogP contribution in [0.2, 0.25) is 10.0 Å². The van der Waals surface area contributed by atoms with Gasteiger partial charge in [0.2, 0.25) is 0 Å². The molecule has 0 aromatic heterocycles. The van der Waals surface area contributed by atoms with Gasteiger partial charge in [0.25, 0.3) is 0 Å². The second-order valence-electron chi connectivity index (χ2n) is 4.14. The third kappa shape index (κ3) is 3.14. The van der Waals surface area contributed by atoms with Crippen molar-refractivity contribution in [1.82, 2.24) is 0 Å². The van der Waals surface area contributed by atoms with Gasteiger partial charge in [0.05, 0.1) is 19.6 Å². The first-order valence-corrected chi connectivity index (χ1v) is 7.07. The first-order chi connectivity index (χ1) is 9.56. The normalized spacial score (nSPS) is 12.1. The summed E-state index contributed by atoms with van der Waals surface area (Å²) in [5.74, 6) is 1.27. The summed E-state index contributed by atoms with van der Waals surface area (Å²) in [7, 11) is 3.17. The maximum absolute atomic E-state index is 6.49. The quantitative estimate of drug-likeness (QED) is 0.704. The van der Waals surface area contributed by atoms with Crippen LogP contribution in [0.4, 0.5) is 0 Å². The van der Waals surface area contributed by atoms with Gasteiger partial charge in [-0.3, -0.25) is 0 Å². The fraction of sp³-hybridized carbons (Fsp3) is 0.200. The number of hydrogen-bond acceptors (Lipinski definition) is 2. The number of hydrogen-bond donors (Lipinski definition) is 0. The van der Waals surface area contributed by atoms with Gasteiger partial charge in [-0.1, -0.05) is 29.3 Å². The van der Waals surface area contributed by atoms with E-state index >= 15 is 0 Å². The number of benzene rings is 2. The Labute approximate surface area is 133 Å². The van der Waals surface area contributed by atoms with Gasteiger partial charge in [0.1, 0.15) is 0 Å². The minimum absolute atomic E-state index is 0.416. The Bertz CT molecular complexity index is 614. The van der Waals surface area contributed by atoms with Crippen molar-refractivity contribution in [2.24, 2.45) is 0 Å². The standard InChI is InChI=1S/C15H13Cl3O2/c1-19-13-6-3-9(7-14(13)20-2)15(18)11-8-10(16)4-5-12(11)17/h3-8,15H,1-2H3. The number of alkyl halides is 1. The van der Waals surface area contributed by atoms with Crippen LogP contribution in [-0.4, -0.2) is 14.2 Å². The molecule has 0 aliphatic carbocycles. The third-order valence-electron chi connectivity index (χ3n) is 2.93. The van der Waals surface area contributed by atoms with E-state index < -0.39 is 5.38 Å². The Morgan fingerprint density at radius 2 is 1.60 bits per heavy atom. The molecule has 5 heteroatoms. The summed E-state index contributed by atoms with van der Waals surface area (Å²) < 4.78 is 10.5. The molecule has 2 aromatic carbocycles. The Balaban J connectivity index is 2.42. The summed E-state index contributed by atoms with van der Waals surface area (Å²) in [6, 6.07) is 10.7. The van der Waals surface area contributed by atoms with E-state index in [1.807, 2.05) is 18.2 Å². The van der Waals surface area contributed by atoms with Crippen LogP contribution in [-0.2, 0) is 0 Å². The molecule has 106 valence electrons. The number of halogens is 3. The SMILES string of the molecule is COc1ccc(C(Cl)c2cc(Cl)ccc2Cl)cc1OC. The molecular formula is C15H13Cl3O2. The van der Waals surface area contributed by atoms with E-state index in [4.69, 9.17) is 44.3 Å². The van der Waals surface area contributed by atoms with Crippen LogP contribution in [0.1, 0.15) is 16.5 Å². The molecule has 1 unspecified atom stereocenters. The molecule has 0 spiro atoms. The van der Waals surface area contributed by atoms with Crippen molar-refractivity contribution in [2.75, 3.05) is 14.2 Å². The summed E-state index contributed by atoms with van der Waals surface area (Å²) in [6.07, 6.45) is 0. The predicted octanol–water partition coefficient (Wildman–Crippen LogP) is 5.34. The largest absolute Gasteiger partial charge is 0.493 e. The lowest BCUT2D eigenvalue weighted by molar-refractivity contribution is 0.354. The maximum atomic E-state index is 6.49. The van der Waals surface area contributed by atoms with Crippen LogP contribution >= 0.6 is 34.8 Å². The van der Waals surface area contributed by atoms with E-state index in [1.165, 1.54) is 0 Å². The Morgan fingerprint density at radius 1 is 0.900 bits per heavy atom. The van der Waals surface area contributed by atoms with E-state index in [0.717, 1.165) is 11.1 Å². The molecule has 0 fully saturated rings. The molecule has 2 aromatic rings. The first kappa shape index (κ1) is 15.3. The highest BCUT2D eigenvalue weighted by Gasteiger charge is 2.17. The second kappa shape index (κ2) is 6.57. The summed E-state index contributed by atoms with van der Waals surface area (Å²) in [4.78, 5) is 0. The van der Waals surface area contributed by atoms with Gasteiger partial charge in [-0.15, -0.1) is 11.6 Å². The number of rotatable bonds is 4. The summed E-state index contributed by atoms with van der Waals surface area (Å²) in [5, 5.41) is 0.751. The summed E-state index contributed by atoms with van der Waals surface area (Å²) in [5.41, 5.74) is 1.61. The van der Waals surface area contributed by atoms with Crippen molar-refractivity contribution in [2.45, 2.75) is 5.38 Å². The molecular weight excluding hydrogens is 319 g/mol. The summed E-state index contributed by atoms with van der Waals surface area (Å²) in [6.45, 7) is 0. The van der Waals surface area contributed by atoms with Crippen LogP contribution in [0.5, 0.6) is 11.5 Å². The fourth-order valence-corrected chi connectivity index (χ4v) is 2.68. The monoisotopic (exact) mass is 330 g/mol. The molecule has 0 bridgehead atoms. The van der Waals surface area contributed by atoms with Crippen molar-refractivity contribution in [3.05, 3.63) is 57.6 Å². The molecule has 2 nitrogen and oxygen atoms in total. The van der Waals surface area contributed by atoms with Crippen molar-refractivity contribution in [3.8, 4) is 11.5 Å². The highest BCUT2D eigenvalue weighted by molar-refractivity contribution is 6.35. The molecule has 0 saturated carbocycles. The molecule has 0 aliphatic rings. The van der Waals surface area contributed by atoms with Crippen LogP contribution in [0, 0.1) is 0 Å². The Kier molecular flexibility index (Phi) is 5.03. The van der Waals surface area contributed by atoms with Crippen LogP contribution in [0.15, 0.2) is 36.4 Å². The van der Waals surface area contributed by atoms with Crippen molar-refractivity contribution in [3.63, 3.8) is 0 Å². The third-order valence-corrected chi connectivity index (χ3v) is 4.00. The van der Waals surface area contributed by atoms with Gasteiger partial charge >= 0.3 is 0 Å². The molecule has 0 saturated heterocycles. The van der Waals surface area contributed by atoms with E-state index in [0.29, 0.717) is 21.5 Å². The molecule has 1 atom stereocenters. The van der Waals surface area contributed by atoms with Gasteiger partial charge in [0, 0.05) is 10.0 Å². The summed E-state index contributed by atoms with van der Waals surface area (Å²) >= 11 is 18.7. The zero-order valence-corrected chi connectivity index (χ0v) is 13.3. The average Bonchev–Trinajstić information content (AvgIpc) is 2.48. The highest BCUT2D eigenvalue weighted by Crippen LogP contribution is 2.38. The zero-order valence-electron chi connectivity index (χ0n) is 11.0. The lowest BCUT2D eigenvalue weighted by Crippen LogP contribution is -1.97. The zero-order chi connectivity index (χ0) is 14.7. The van der Waals surface area contributed by atoms with E-state index in [-0.39, 0.29) is 0 Å². The highest BCUT2D eigenvalue weighted by atomic mass is 35.5. The van der Waals surface area contributed by atoms with Gasteiger partial charge in [-0.25, -0.2) is 0 Å². The minimum Gasteiger partial charge on any atom is -0.493 e. The molecule has 0 amide bonds.